The zero-order chi connectivity index (χ0) is 12.5. The van der Waals surface area contributed by atoms with E-state index in [4.69, 9.17) is 0 Å². The summed E-state index contributed by atoms with van der Waals surface area (Å²) in [7, 11) is 0. The van der Waals surface area contributed by atoms with E-state index >= 15 is 0 Å². The van der Waals surface area contributed by atoms with Gasteiger partial charge in [-0.2, -0.15) is 5.10 Å². The van der Waals surface area contributed by atoms with Crippen LogP contribution in [0.4, 0.5) is 5.69 Å². The van der Waals surface area contributed by atoms with E-state index in [-0.39, 0.29) is 0 Å². The van der Waals surface area contributed by atoms with Crippen molar-refractivity contribution in [3.05, 3.63) is 45.2 Å². The Kier molecular flexibility index (Phi) is 3.09. The highest BCUT2D eigenvalue weighted by atomic mass is 79.9. The van der Waals surface area contributed by atoms with Crippen LogP contribution in [0.2, 0.25) is 0 Å². The summed E-state index contributed by atoms with van der Waals surface area (Å²) in [6, 6.07) is 10.7. The maximum atomic E-state index is 4.03. The zero-order valence-electron chi connectivity index (χ0n) is 9.77. The Bertz CT molecular complexity index is 673. The lowest BCUT2D eigenvalue weighted by molar-refractivity contribution is 0.908. The number of hydrogen-bond donors (Lipinski definition) is 2. The molecule has 2 aromatic heterocycles. The van der Waals surface area contributed by atoms with Crippen LogP contribution in [0.1, 0.15) is 17.8 Å². The molecular weight excluding hydrogens is 310 g/mol. The second-order valence-corrected chi connectivity index (χ2v) is 6.67. The third kappa shape index (κ3) is 2.28. The summed E-state index contributed by atoms with van der Waals surface area (Å²) in [6.07, 6.45) is 1.83. The number of thiophene rings is 1. The number of hydrogen-bond acceptors (Lipinski definition) is 3. The monoisotopic (exact) mass is 321 g/mol. The van der Waals surface area contributed by atoms with Crippen molar-refractivity contribution in [3.8, 4) is 0 Å². The molecule has 5 heteroatoms. The van der Waals surface area contributed by atoms with E-state index in [1.165, 1.54) is 4.88 Å². The van der Waals surface area contributed by atoms with Crippen LogP contribution < -0.4 is 5.32 Å². The van der Waals surface area contributed by atoms with Gasteiger partial charge in [0.15, 0.2) is 0 Å². The largest absolute Gasteiger partial charge is 0.378 e. The summed E-state index contributed by atoms with van der Waals surface area (Å²) in [5.41, 5.74) is 2.16. The van der Waals surface area contributed by atoms with Gasteiger partial charge in [0.05, 0.1) is 21.5 Å². The molecule has 0 bridgehead atoms. The Morgan fingerprint density at radius 1 is 1.33 bits per heavy atom. The maximum absolute atomic E-state index is 4.03. The van der Waals surface area contributed by atoms with E-state index in [0.717, 1.165) is 20.4 Å². The minimum Gasteiger partial charge on any atom is -0.378 e. The predicted molar refractivity (Wildman–Crippen MR) is 80.2 cm³/mol. The van der Waals surface area contributed by atoms with Crippen LogP contribution in [-0.2, 0) is 0 Å². The summed E-state index contributed by atoms with van der Waals surface area (Å²) in [5.74, 6) is 0. The highest BCUT2D eigenvalue weighted by Crippen LogP contribution is 2.29. The van der Waals surface area contributed by atoms with Gasteiger partial charge in [-0.3, -0.25) is 5.10 Å². The molecule has 0 saturated heterocycles. The molecule has 0 fully saturated rings. The van der Waals surface area contributed by atoms with E-state index in [1.807, 2.05) is 6.20 Å². The number of H-pyrrole nitrogens is 1. The Labute approximate surface area is 117 Å². The number of aromatic amines is 1. The molecule has 3 rings (SSSR count). The van der Waals surface area contributed by atoms with Gasteiger partial charge in [-0.15, -0.1) is 11.3 Å². The number of nitrogens with zero attached hydrogens (tertiary/aromatic N) is 1. The van der Waals surface area contributed by atoms with Gasteiger partial charge < -0.3 is 5.32 Å². The van der Waals surface area contributed by atoms with Gasteiger partial charge in [0, 0.05) is 16.0 Å². The molecule has 0 radical (unpaired) electrons. The van der Waals surface area contributed by atoms with Crippen LogP contribution in [0.5, 0.6) is 0 Å². The van der Waals surface area contributed by atoms with Crippen molar-refractivity contribution >= 4 is 43.9 Å². The van der Waals surface area contributed by atoms with E-state index in [9.17, 15) is 0 Å². The molecule has 2 heterocycles. The Morgan fingerprint density at radius 3 is 3.00 bits per heavy atom. The van der Waals surface area contributed by atoms with E-state index in [2.05, 4.69) is 68.7 Å². The van der Waals surface area contributed by atoms with Gasteiger partial charge in [0.25, 0.3) is 0 Å². The normalized spacial score (nSPS) is 12.8. The molecule has 3 nitrogen and oxygen atoms in total. The van der Waals surface area contributed by atoms with E-state index < -0.39 is 0 Å². The first-order chi connectivity index (χ1) is 8.72. The third-order valence-electron chi connectivity index (χ3n) is 2.85. The number of anilines is 1. The molecule has 1 unspecified atom stereocenters. The van der Waals surface area contributed by atoms with Crippen molar-refractivity contribution in [2.45, 2.75) is 13.0 Å². The number of nitrogens with one attached hydrogen (secondary N) is 2. The summed E-state index contributed by atoms with van der Waals surface area (Å²) in [5, 5.41) is 11.6. The van der Waals surface area contributed by atoms with Gasteiger partial charge in [0.1, 0.15) is 0 Å². The van der Waals surface area contributed by atoms with Crippen LogP contribution in [0, 0.1) is 0 Å². The summed E-state index contributed by atoms with van der Waals surface area (Å²) >= 11 is 5.25. The molecule has 0 spiro atoms. The number of halogens is 1. The van der Waals surface area contributed by atoms with Crippen molar-refractivity contribution in [3.63, 3.8) is 0 Å². The topological polar surface area (TPSA) is 40.7 Å². The first kappa shape index (κ1) is 11.7. The average molecular weight is 322 g/mol. The molecule has 2 N–H and O–H groups in total. The van der Waals surface area contributed by atoms with Gasteiger partial charge >= 0.3 is 0 Å². The lowest BCUT2D eigenvalue weighted by Gasteiger charge is -2.13. The molecule has 0 amide bonds. The number of rotatable bonds is 3. The second kappa shape index (κ2) is 4.74. The fourth-order valence-corrected chi connectivity index (χ4v) is 3.33. The third-order valence-corrected chi connectivity index (χ3v) is 4.65. The van der Waals surface area contributed by atoms with Crippen LogP contribution in [0.15, 0.2) is 40.3 Å². The number of aromatic nitrogens is 2. The smallest absolute Gasteiger partial charge is 0.0702 e. The molecular formula is C13H12BrN3S. The first-order valence-corrected chi connectivity index (χ1v) is 7.28. The Balaban J connectivity index is 1.83. The van der Waals surface area contributed by atoms with Crippen LogP contribution >= 0.6 is 27.3 Å². The van der Waals surface area contributed by atoms with Crippen LogP contribution in [-0.4, -0.2) is 10.2 Å². The highest BCUT2D eigenvalue weighted by Gasteiger charge is 2.08. The lowest BCUT2D eigenvalue weighted by atomic mass is 10.2. The second-order valence-electron chi connectivity index (χ2n) is 4.18. The molecule has 1 aromatic carbocycles. The molecule has 0 aliphatic heterocycles. The predicted octanol–water partition coefficient (Wildman–Crippen LogP) is 4.56. The van der Waals surface area contributed by atoms with Gasteiger partial charge in [-0.25, -0.2) is 0 Å². The summed E-state index contributed by atoms with van der Waals surface area (Å²) < 4.78 is 1.16. The molecule has 0 aliphatic carbocycles. The fourth-order valence-electron chi connectivity index (χ4n) is 1.91. The van der Waals surface area contributed by atoms with Crippen molar-refractivity contribution < 1.29 is 0 Å². The molecule has 92 valence electrons. The molecule has 3 aromatic rings. The molecule has 0 saturated carbocycles. The molecule has 0 aliphatic rings. The Hall–Kier alpha value is -1.33. The summed E-state index contributed by atoms with van der Waals surface area (Å²) in [6.45, 7) is 2.16. The van der Waals surface area contributed by atoms with Crippen LogP contribution in [0.25, 0.3) is 10.9 Å². The Morgan fingerprint density at radius 2 is 2.22 bits per heavy atom. The average Bonchev–Trinajstić information content (AvgIpc) is 2.96. The molecule has 1 atom stereocenters. The van der Waals surface area contributed by atoms with Crippen molar-refractivity contribution in [2.75, 3.05) is 5.32 Å². The number of fused-ring (bicyclic) bond motifs is 1. The highest BCUT2D eigenvalue weighted by molar-refractivity contribution is 9.11. The quantitative estimate of drug-likeness (QED) is 0.742. The lowest BCUT2D eigenvalue weighted by Crippen LogP contribution is -2.04. The van der Waals surface area contributed by atoms with Gasteiger partial charge in [-0.1, -0.05) is 0 Å². The van der Waals surface area contributed by atoms with Crippen molar-refractivity contribution in [2.24, 2.45) is 0 Å². The minimum absolute atomic E-state index is 0.293. The van der Waals surface area contributed by atoms with Crippen molar-refractivity contribution in [1.82, 2.24) is 10.2 Å². The SMILES string of the molecule is CC(Nc1ccc2cn[nH]c2c1)c1ccc(Br)s1. The van der Waals surface area contributed by atoms with Crippen LogP contribution in [0.3, 0.4) is 0 Å². The standard InChI is InChI=1S/C13H12BrN3S/c1-8(12-4-5-13(14)18-12)16-10-3-2-9-7-15-17-11(9)6-10/h2-8,16H,1H3,(H,15,17). The van der Waals surface area contributed by atoms with Gasteiger partial charge in [-0.05, 0) is 53.2 Å². The molecule has 18 heavy (non-hydrogen) atoms. The zero-order valence-corrected chi connectivity index (χ0v) is 12.2. The summed E-state index contributed by atoms with van der Waals surface area (Å²) in [4.78, 5) is 1.31. The first-order valence-electron chi connectivity index (χ1n) is 5.67. The minimum atomic E-state index is 0.293. The fraction of sp³-hybridized carbons (Fsp3) is 0.154. The van der Waals surface area contributed by atoms with Gasteiger partial charge in [0.2, 0.25) is 0 Å². The maximum Gasteiger partial charge on any atom is 0.0702 e. The van der Waals surface area contributed by atoms with Crippen molar-refractivity contribution in [1.29, 1.82) is 0 Å². The van der Waals surface area contributed by atoms with E-state index in [1.54, 1.807) is 11.3 Å². The number of benzene rings is 1. The van der Waals surface area contributed by atoms with E-state index in [0.29, 0.717) is 6.04 Å².